The number of carbonyl (C=O) groups excluding carboxylic acids is 2. The van der Waals surface area contributed by atoms with Gasteiger partial charge in [0.1, 0.15) is 6.04 Å². The number of nitrogens with zero attached hydrogens (tertiary/aromatic N) is 1. The van der Waals surface area contributed by atoms with Crippen molar-refractivity contribution in [1.82, 2.24) is 10.6 Å². The number of nitrogens with one attached hydrogen (secondary N) is 2. The van der Waals surface area contributed by atoms with Crippen LogP contribution in [0.3, 0.4) is 0 Å². The molecule has 3 amide bonds. The first-order chi connectivity index (χ1) is 14.0. The molecule has 2 aromatic rings. The Hall–Kier alpha value is -3.35. The Morgan fingerprint density at radius 1 is 1.07 bits per heavy atom. The fraction of sp³-hybridized carbons (Fsp3) is 0.318. The van der Waals surface area contributed by atoms with Crippen molar-refractivity contribution in [2.24, 2.45) is 0 Å². The molecule has 29 heavy (non-hydrogen) atoms. The van der Waals surface area contributed by atoms with E-state index in [9.17, 15) is 14.4 Å². The molecule has 1 fully saturated rings. The number of aliphatic carboxylic acids is 1. The highest BCUT2D eigenvalue weighted by molar-refractivity contribution is 6.01. The molecular weight excluding hydrogens is 370 g/mol. The molecule has 2 aromatic carbocycles. The van der Waals surface area contributed by atoms with Crippen LogP contribution in [0.2, 0.25) is 0 Å². The van der Waals surface area contributed by atoms with E-state index < -0.39 is 18.0 Å². The maximum absolute atomic E-state index is 12.6. The van der Waals surface area contributed by atoms with Crippen molar-refractivity contribution < 1.29 is 19.5 Å². The van der Waals surface area contributed by atoms with Gasteiger partial charge >= 0.3 is 12.0 Å². The number of rotatable bonds is 8. The van der Waals surface area contributed by atoms with Crippen LogP contribution >= 0.6 is 0 Å². The predicted molar refractivity (Wildman–Crippen MR) is 110 cm³/mol. The third-order valence-electron chi connectivity index (χ3n) is 4.95. The van der Waals surface area contributed by atoms with E-state index in [-0.39, 0.29) is 18.4 Å². The van der Waals surface area contributed by atoms with Gasteiger partial charge in [0, 0.05) is 24.7 Å². The number of urea groups is 1. The van der Waals surface area contributed by atoms with Gasteiger partial charge in [0.05, 0.1) is 0 Å². The number of carboxylic acids is 1. The lowest BCUT2D eigenvalue weighted by Gasteiger charge is -2.21. The largest absolute Gasteiger partial charge is 0.481 e. The molecule has 0 spiro atoms. The number of anilines is 1. The number of hydrogen-bond acceptors (Lipinski definition) is 3. The van der Waals surface area contributed by atoms with Crippen LogP contribution in [-0.4, -0.2) is 41.6 Å². The van der Waals surface area contributed by atoms with Crippen LogP contribution in [0.25, 0.3) is 0 Å². The summed E-state index contributed by atoms with van der Waals surface area (Å²) in [6, 6.07) is 17.5. The second kappa shape index (κ2) is 9.73. The first-order valence-electron chi connectivity index (χ1n) is 9.72. The smallest absolute Gasteiger partial charge is 0.315 e. The zero-order valence-electron chi connectivity index (χ0n) is 16.1. The quantitative estimate of drug-likeness (QED) is 0.640. The summed E-state index contributed by atoms with van der Waals surface area (Å²) in [5.41, 5.74) is 1.82. The summed E-state index contributed by atoms with van der Waals surface area (Å²) in [6.07, 6.45) is 1.32. The van der Waals surface area contributed by atoms with E-state index in [1.807, 2.05) is 60.7 Å². The molecule has 0 radical (unpaired) electrons. The lowest BCUT2D eigenvalue weighted by molar-refractivity contribution is -0.137. The van der Waals surface area contributed by atoms with E-state index >= 15 is 0 Å². The van der Waals surface area contributed by atoms with Crippen molar-refractivity contribution in [1.29, 1.82) is 0 Å². The Morgan fingerprint density at radius 2 is 1.72 bits per heavy atom. The predicted octanol–water partition coefficient (Wildman–Crippen LogP) is 2.57. The molecule has 3 N–H and O–H groups in total. The van der Waals surface area contributed by atoms with Gasteiger partial charge in [0.2, 0.25) is 5.91 Å². The van der Waals surface area contributed by atoms with Gasteiger partial charge in [0.25, 0.3) is 0 Å². The van der Waals surface area contributed by atoms with Gasteiger partial charge in [-0.1, -0.05) is 48.5 Å². The Labute approximate surface area is 169 Å². The van der Waals surface area contributed by atoms with Crippen LogP contribution < -0.4 is 15.5 Å². The molecular formula is C22H25N3O4. The summed E-state index contributed by atoms with van der Waals surface area (Å²) in [5, 5.41) is 14.6. The van der Waals surface area contributed by atoms with E-state index in [2.05, 4.69) is 10.6 Å². The summed E-state index contributed by atoms with van der Waals surface area (Å²) in [4.78, 5) is 37.8. The molecule has 1 heterocycles. The fourth-order valence-corrected chi connectivity index (χ4v) is 3.49. The minimum Gasteiger partial charge on any atom is -0.481 e. The average Bonchev–Trinajstić information content (AvgIpc) is 3.07. The minimum absolute atomic E-state index is 0.0398. The third kappa shape index (κ3) is 5.81. The van der Waals surface area contributed by atoms with Gasteiger partial charge in [-0.05, 0) is 37.0 Å². The van der Waals surface area contributed by atoms with Gasteiger partial charge in [-0.2, -0.15) is 0 Å². The molecule has 1 aliphatic heterocycles. The molecule has 0 aliphatic carbocycles. The standard InChI is InChI=1S/C22H25N3O4/c26-20(27)12-11-17(15-16-7-3-1-4-8-16)23-22(29)24-19-13-14-25(21(19)28)18-9-5-2-6-10-18/h1-10,17,19H,11-15H2,(H,26,27)(H2,23,24,29). The molecule has 152 valence electrons. The molecule has 0 saturated carbocycles. The van der Waals surface area contributed by atoms with Crippen molar-refractivity contribution in [3.05, 3.63) is 66.2 Å². The number of para-hydroxylation sites is 1. The Kier molecular flexibility index (Phi) is 6.84. The molecule has 2 atom stereocenters. The van der Waals surface area contributed by atoms with Crippen molar-refractivity contribution >= 4 is 23.6 Å². The molecule has 2 unspecified atom stereocenters. The summed E-state index contributed by atoms with van der Waals surface area (Å²) in [7, 11) is 0. The maximum Gasteiger partial charge on any atom is 0.315 e. The van der Waals surface area contributed by atoms with E-state index in [4.69, 9.17) is 5.11 Å². The van der Waals surface area contributed by atoms with E-state index in [0.29, 0.717) is 25.8 Å². The number of amides is 3. The van der Waals surface area contributed by atoms with Gasteiger partial charge in [0.15, 0.2) is 0 Å². The zero-order valence-corrected chi connectivity index (χ0v) is 16.1. The maximum atomic E-state index is 12.6. The second-order valence-electron chi connectivity index (χ2n) is 7.10. The first-order valence-corrected chi connectivity index (χ1v) is 9.72. The van der Waals surface area contributed by atoms with Crippen LogP contribution in [0.4, 0.5) is 10.5 Å². The summed E-state index contributed by atoms with van der Waals surface area (Å²) in [5.74, 6) is -1.05. The van der Waals surface area contributed by atoms with E-state index in [1.54, 1.807) is 4.90 Å². The molecule has 7 heteroatoms. The van der Waals surface area contributed by atoms with Crippen molar-refractivity contribution in [3.63, 3.8) is 0 Å². The highest BCUT2D eigenvalue weighted by Gasteiger charge is 2.33. The summed E-state index contributed by atoms with van der Waals surface area (Å²) < 4.78 is 0. The van der Waals surface area contributed by atoms with Gasteiger partial charge < -0.3 is 20.6 Å². The number of hydrogen-bond donors (Lipinski definition) is 3. The van der Waals surface area contributed by atoms with Crippen LogP contribution in [0.1, 0.15) is 24.8 Å². The number of benzene rings is 2. The second-order valence-corrected chi connectivity index (χ2v) is 7.10. The lowest BCUT2D eigenvalue weighted by Crippen LogP contribution is -2.49. The highest BCUT2D eigenvalue weighted by Crippen LogP contribution is 2.21. The Bertz CT molecular complexity index is 842. The Morgan fingerprint density at radius 3 is 2.38 bits per heavy atom. The molecule has 0 bridgehead atoms. The fourth-order valence-electron chi connectivity index (χ4n) is 3.49. The van der Waals surface area contributed by atoms with Gasteiger partial charge in [-0.15, -0.1) is 0 Å². The molecule has 3 rings (SSSR count). The first kappa shape index (κ1) is 20.4. The monoisotopic (exact) mass is 395 g/mol. The van der Waals surface area contributed by atoms with Gasteiger partial charge in [-0.3, -0.25) is 9.59 Å². The third-order valence-corrected chi connectivity index (χ3v) is 4.95. The SMILES string of the molecule is O=C(O)CCC(Cc1ccccc1)NC(=O)NC1CCN(c2ccccc2)C1=O. The molecule has 1 saturated heterocycles. The van der Waals surface area contributed by atoms with Crippen LogP contribution in [0, 0.1) is 0 Å². The molecule has 7 nitrogen and oxygen atoms in total. The van der Waals surface area contributed by atoms with Crippen molar-refractivity contribution in [2.45, 2.75) is 37.8 Å². The van der Waals surface area contributed by atoms with E-state index in [0.717, 1.165) is 11.3 Å². The molecule has 1 aliphatic rings. The number of carboxylic acid groups (broad SMARTS) is 1. The van der Waals surface area contributed by atoms with Crippen LogP contribution in [0.5, 0.6) is 0 Å². The topological polar surface area (TPSA) is 98.7 Å². The summed E-state index contributed by atoms with van der Waals surface area (Å²) in [6.45, 7) is 0.542. The molecule has 0 aromatic heterocycles. The van der Waals surface area contributed by atoms with Crippen LogP contribution in [-0.2, 0) is 16.0 Å². The Balaban J connectivity index is 1.57. The zero-order chi connectivity index (χ0) is 20.6. The van der Waals surface area contributed by atoms with Crippen molar-refractivity contribution in [2.75, 3.05) is 11.4 Å². The normalized spacial score (nSPS) is 17.0. The van der Waals surface area contributed by atoms with Gasteiger partial charge in [-0.25, -0.2) is 4.79 Å². The lowest BCUT2D eigenvalue weighted by atomic mass is 10.0. The van der Waals surface area contributed by atoms with E-state index in [1.165, 1.54) is 0 Å². The minimum atomic E-state index is -0.908. The van der Waals surface area contributed by atoms with Crippen molar-refractivity contribution in [3.8, 4) is 0 Å². The average molecular weight is 395 g/mol. The highest BCUT2D eigenvalue weighted by atomic mass is 16.4. The summed E-state index contributed by atoms with van der Waals surface area (Å²) >= 11 is 0. The number of carbonyl (C=O) groups is 3. The van der Waals surface area contributed by atoms with Crippen LogP contribution in [0.15, 0.2) is 60.7 Å².